The Bertz CT molecular complexity index is 1310. The Balaban J connectivity index is 1.80. The van der Waals surface area contributed by atoms with Crippen LogP contribution in [0.4, 0.5) is 10.2 Å². The van der Waals surface area contributed by atoms with E-state index in [9.17, 15) is 12.8 Å². The number of hydrogen-bond donors (Lipinski definition) is 0. The molecule has 0 amide bonds. The highest BCUT2D eigenvalue weighted by Crippen LogP contribution is 2.32. The summed E-state index contributed by atoms with van der Waals surface area (Å²) in [6, 6.07) is 13.4. The van der Waals surface area contributed by atoms with E-state index in [2.05, 4.69) is 16.7 Å². The predicted octanol–water partition coefficient (Wildman–Crippen LogP) is 4.62. The summed E-state index contributed by atoms with van der Waals surface area (Å²) in [6.07, 6.45) is 0. The number of aromatic nitrogens is 2. The Morgan fingerprint density at radius 3 is 2.30 bits per heavy atom. The highest BCUT2D eigenvalue weighted by atomic mass is 32.2. The van der Waals surface area contributed by atoms with E-state index in [0.717, 1.165) is 55.4 Å². The molecule has 1 aliphatic rings. The van der Waals surface area contributed by atoms with Crippen LogP contribution in [0, 0.1) is 25.6 Å². The van der Waals surface area contributed by atoms with Crippen molar-refractivity contribution in [3.05, 3.63) is 71.2 Å². The number of likely N-dealkylation sites (N-methyl/N-ethyl adjacent to an activating group) is 1. The lowest BCUT2D eigenvalue weighted by Gasteiger charge is -2.36. The number of nitrogens with zero attached hydrogens (tertiary/aromatic N) is 5. The van der Waals surface area contributed by atoms with Gasteiger partial charge in [-0.25, -0.2) is 17.5 Å². The fourth-order valence-corrected chi connectivity index (χ4v) is 6.38. The molecule has 7 nitrogen and oxygen atoms in total. The first-order valence-electron chi connectivity index (χ1n) is 13.0. The number of anilines is 1. The third-order valence-electron chi connectivity index (χ3n) is 6.89. The summed E-state index contributed by atoms with van der Waals surface area (Å²) in [7, 11) is -3.74. The number of rotatable bonds is 9. The zero-order chi connectivity index (χ0) is 26.7. The van der Waals surface area contributed by atoms with E-state index < -0.39 is 10.0 Å². The van der Waals surface area contributed by atoms with Gasteiger partial charge in [0.05, 0.1) is 16.3 Å². The summed E-state index contributed by atoms with van der Waals surface area (Å²) < 4.78 is 45.2. The SMILES string of the molecule is CCN1CCN(c2c(CN(CC(C)C)S(=O)(=O)c3ccc(C)cc3)c(C)nn2-c2cccc(F)c2)CC1. The zero-order valence-electron chi connectivity index (χ0n) is 22.5. The average molecular weight is 528 g/mol. The van der Waals surface area contributed by atoms with Crippen molar-refractivity contribution >= 4 is 15.8 Å². The molecule has 2 heterocycles. The maximum atomic E-state index is 14.2. The Labute approximate surface area is 220 Å². The molecule has 1 aromatic heterocycles. The van der Waals surface area contributed by atoms with Gasteiger partial charge in [-0.05, 0) is 56.6 Å². The van der Waals surface area contributed by atoms with E-state index in [-0.39, 0.29) is 23.2 Å². The maximum Gasteiger partial charge on any atom is 0.243 e. The largest absolute Gasteiger partial charge is 0.354 e. The van der Waals surface area contributed by atoms with Crippen molar-refractivity contribution in [1.29, 1.82) is 0 Å². The molecule has 0 saturated carbocycles. The van der Waals surface area contributed by atoms with Crippen molar-refractivity contribution < 1.29 is 12.8 Å². The van der Waals surface area contributed by atoms with Gasteiger partial charge in [0, 0.05) is 44.8 Å². The summed E-state index contributed by atoms with van der Waals surface area (Å²) in [4.78, 5) is 4.93. The van der Waals surface area contributed by atoms with Gasteiger partial charge in [-0.3, -0.25) is 0 Å². The van der Waals surface area contributed by atoms with Gasteiger partial charge in [0.1, 0.15) is 11.6 Å². The lowest BCUT2D eigenvalue weighted by molar-refractivity contribution is 0.269. The van der Waals surface area contributed by atoms with E-state index in [1.165, 1.54) is 12.1 Å². The van der Waals surface area contributed by atoms with Crippen molar-refractivity contribution in [3.63, 3.8) is 0 Å². The van der Waals surface area contributed by atoms with Crippen LogP contribution in [-0.2, 0) is 16.6 Å². The lowest BCUT2D eigenvalue weighted by Crippen LogP contribution is -2.47. The normalized spacial score (nSPS) is 15.2. The van der Waals surface area contributed by atoms with Crippen molar-refractivity contribution in [1.82, 2.24) is 19.0 Å². The number of hydrogen-bond acceptors (Lipinski definition) is 5. The minimum atomic E-state index is -3.74. The number of halogens is 1. The fourth-order valence-electron chi connectivity index (χ4n) is 4.81. The molecular weight excluding hydrogens is 489 g/mol. The van der Waals surface area contributed by atoms with Gasteiger partial charge < -0.3 is 9.80 Å². The first-order valence-corrected chi connectivity index (χ1v) is 14.4. The first kappa shape index (κ1) is 27.3. The second-order valence-corrected chi connectivity index (χ2v) is 12.1. The molecule has 2 aromatic carbocycles. The lowest BCUT2D eigenvalue weighted by atomic mass is 10.1. The molecule has 0 N–H and O–H groups in total. The summed E-state index contributed by atoms with van der Waals surface area (Å²) in [5, 5.41) is 4.81. The van der Waals surface area contributed by atoms with E-state index in [4.69, 9.17) is 5.10 Å². The van der Waals surface area contributed by atoms with Crippen molar-refractivity contribution in [2.24, 2.45) is 5.92 Å². The third kappa shape index (κ3) is 6.05. The number of aryl methyl sites for hydroxylation is 2. The van der Waals surface area contributed by atoms with Crippen LogP contribution in [-0.4, -0.2) is 66.7 Å². The van der Waals surface area contributed by atoms with Gasteiger partial charge in [0.25, 0.3) is 0 Å². The molecule has 3 aromatic rings. The van der Waals surface area contributed by atoms with Gasteiger partial charge in [0.2, 0.25) is 10.0 Å². The van der Waals surface area contributed by atoms with Crippen LogP contribution in [0.25, 0.3) is 5.69 Å². The van der Waals surface area contributed by atoms with E-state index in [1.54, 1.807) is 27.2 Å². The molecule has 37 heavy (non-hydrogen) atoms. The van der Waals surface area contributed by atoms with Crippen LogP contribution in [0.2, 0.25) is 0 Å². The summed E-state index contributed by atoms with van der Waals surface area (Å²) in [5.74, 6) is 0.638. The Morgan fingerprint density at radius 2 is 1.70 bits per heavy atom. The van der Waals surface area contributed by atoms with Crippen LogP contribution in [0.1, 0.15) is 37.6 Å². The highest BCUT2D eigenvalue weighted by molar-refractivity contribution is 7.89. The molecule has 0 aliphatic carbocycles. The molecular formula is C28H38FN5O2S. The highest BCUT2D eigenvalue weighted by Gasteiger charge is 2.31. The Morgan fingerprint density at radius 1 is 1.03 bits per heavy atom. The van der Waals surface area contributed by atoms with Crippen LogP contribution in [0.3, 0.4) is 0 Å². The van der Waals surface area contributed by atoms with Crippen molar-refractivity contribution in [2.45, 2.75) is 46.1 Å². The van der Waals surface area contributed by atoms with Gasteiger partial charge in [-0.2, -0.15) is 9.40 Å². The average Bonchev–Trinajstić information content (AvgIpc) is 3.19. The van der Waals surface area contributed by atoms with Crippen LogP contribution < -0.4 is 4.90 Å². The van der Waals surface area contributed by atoms with Crippen LogP contribution in [0.5, 0.6) is 0 Å². The Kier molecular flexibility index (Phi) is 8.36. The standard InChI is InChI=1S/C28H38FN5O2S/c1-6-31-14-16-32(17-15-31)28-27(23(5)30-34(28)25-9-7-8-24(29)18-25)20-33(19-21(2)3)37(35,36)26-12-10-22(4)11-13-26/h7-13,18,21H,6,14-17,19-20H2,1-5H3. The molecule has 1 aliphatic heterocycles. The first-order chi connectivity index (χ1) is 17.6. The minimum absolute atomic E-state index is 0.135. The number of sulfonamides is 1. The smallest absolute Gasteiger partial charge is 0.243 e. The Hall–Kier alpha value is -2.75. The summed E-state index contributed by atoms with van der Waals surface area (Å²) in [5.41, 5.74) is 3.23. The molecule has 4 rings (SSSR count). The van der Waals surface area contributed by atoms with Gasteiger partial charge in [0.15, 0.2) is 0 Å². The van der Waals surface area contributed by atoms with E-state index >= 15 is 0 Å². The summed E-state index contributed by atoms with van der Waals surface area (Å²) >= 11 is 0. The number of piperazine rings is 1. The van der Waals surface area contributed by atoms with Gasteiger partial charge in [-0.15, -0.1) is 0 Å². The van der Waals surface area contributed by atoms with E-state index in [0.29, 0.717) is 12.2 Å². The minimum Gasteiger partial charge on any atom is -0.354 e. The van der Waals surface area contributed by atoms with Crippen LogP contribution in [0.15, 0.2) is 53.4 Å². The molecule has 9 heteroatoms. The predicted molar refractivity (Wildman–Crippen MR) is 146 cm³/mol. The van der Waals surface area contributed by atoms with Crippen molar-refractivity contribution in [2.75, 3.05) is 44.2 Å². The quantitative estimate of drug-likeness (QED) is 0.407. The molecule has 0 atom stereocenters. The fraction of sp³-hybridized carbons (Fsp3) is 0.464. The summed E-state index contributed by atoms with van der Waals surface area (Å²) in [6.45, 7) is 15.0. The van der Waals surface area contributed by atoms with E-state index in [1.807, 2.05) is 45.9 Å². The van der Waals surface area contributed by atoms with Gasteiger partial charge >= 0.3 is 0 Å². The molecule has 0 radical (unpaired) electrons. The second kappa shape index (κ2) is 11.3. The van der Waals surface area contributed by atoms with Crippen molar-refractivity contribution in [3.8, 4) is 5.69 Å². The molecule has 1 saturated heterocycles. The third-order valence-corrected chi connectivity index (χ3v) is 8.72. The number of benzene rings is 2. The van der Waals surface area contributed by atoms with Gasteiger partial charge in [-0.1, -0.05) is 44.5 Å². The molecule has 200 valence electrons. The van der Waals surface area contributed by atoms with Crippen LogP contribution >= 0.6 is 0 Å². The molecule has 0 unspecified atom stereocenters. The topological polar surface area (TPSA) is 61.7 Å². The second-order valence-electron chi connectivity index (χ2n) is 10.2. The molecule has 1 fully saturated rings. The maximum absolute atomic E-state index is 14.2. The zero-order valence-corrected chi connectivity index (χ0v) is 23.3. The molecule has 0 bridgehead atoms. The molecule has 0 spiro atoms. The monoisotopic (exact) mass is 527 g/mol.